The van der Waals surface area contributed by atoms with Gasteiger partial charge >= 0.3 is 0 Å². The van der Waals surface area contributed by atoms with Crippen LogP contribution in [0.15, 0.2) is 59.7 Å². The lowest BCUT2D eigenvalue weighted by molar-refractivity contribution is -0.00632. The van der Waals surface area contributed by atoms with E-state index in [4.69, 9.17) is 4.74 Å². The number of aliphatic hydroxyl groups excluding tert-OH is 1. The van der Waals surface area contributed by atoms with Gasteiger partial charge in [-0.25, -0.2) is 4.98 Å². The number of ether oxygens (including phenoxy) is 1. The molecule has 0 bridgehead atoms. The number of rotatable bonds is 3. The molecule has 5 aromatic carbocycles. The molecule has 1 saturated heterocycles. The van der Waals surface area contributed by atoms with Crippen LogP contribution in [-0.4, -0.2) is 52.2 Å². The van der Waals surface area contributed by atoms with E-state index in [9.17, 15) is 25.2 Å². The summed E-state index contributed by atoms with van der Waals surface area (Å²) >= 11 is 0. The molecule has 11 nitrogen and oxygen atoms in total. The Bertz CT molecular complexity index is 2230. The largest absolute Gasteiger partial charge is 0.504 e. The summed E-state index contributed by atoms with van der Waals surface area (Å²) in [7, 11) is 0. The van der Waals surface area contributed by atoms with Gasteiger partial charge in [-0.1, -0.05) is 42.5 Å². The zero-order chi connectivity index (χ0) is 28.2. The third-order valence-electron chi connectivity index (χ3n) is 8.18. The first-order valence-corrected chi connectivity index (χ1v) is 13.1. The van der Waals surface area contributed by atoms with Crippen LogP contribution in [0.2, 0.25) is 0 Å². The minimum atomic E-state index is -0.705. The van der Waals surface area contributed by atoms with Crippen molar-refractivity contribution < 1.29 is 25.2 Å². The molecule has 0 aliphatic carbocycles. The van der Waals surface area contributed by atoms with Crippen LogP contribution in [-0.2, 0) is 4.74 Å². The van der Waals surface area contributed by atoms with Crippen molar-refractivity contribution in [2.24, 2.45) is 0 Å². The van der Waals surface area contributed by atoms with Crippen LogP contribution < -0.4 is 10.9 Å². The van der Waals surface area contributed by atoms with E-state index in [2.05, 4.69) is 20.3 Å². The van der Waals surface area contributed by atoms with E-state index in [0.717, 1.165) is 32.3 Å². The molecule has 0 saturated carbocycles. The number of aromatic nitrogens is 4. The molecule has 204 valence electrons. The van der Waals surface area contributed by atoms with Gasteiger partial charge in [0.2, 0.25) is 11.7 Å². The number of aromatic amines is 1. The number of H-pyrrole nitrogens is 1. The Balaban J connectivity index is 1.38. The van der Waals surface area contributed by atoms with E-state index >= 15 is 0 Å². The molecule has 6 N–H and O–H groups in total. The minimum absolute atomic E-state index is 0.0248. The van der Waals surface area contributed by atoms with Crippen LogP contribution >= 0.6 is 0 Å². The smallest absolute Gasteiger partial charge is 0.280 e. The van der Waals surface area contributed by atoms with E-state index in [-0.39, 0.29) is 22.8 Å². The van der Waals surface area contributed by atoms with Crippen LogP contribution in [0.5, 0.6) is 17.2 Å². The summed E-state index contributed by atoms with van der Waals surface area (Å²) in [6.45, 7) is 1.76. The van der Waals surface area contributed by atoms with Gasteiger partial charge in [0.15, 0.2) is 22.7 Å². The fraction of sp³-hybridized carbons (Fsp3) is 0.167. The number of anilines is 2. The minimum Gasteiger partial charge on any atom is -0.504 e. The second-order valence-electron chi connectivity index (χ2n) is 10.5. The van der Waals surface area contributed by atoms with Crippen molar-refractivity contribution in [3.8, 4) is 17.2 Å². The Kier molecular flexibility index (Phi) is 4.74. The van der Waals surface area contributed by atoms with E-state index in [1.807, 2.05) is 42.5 Å². The molecule has 7 aromatic rings. The van der Waals surface area contributed by atoms with Gasteiger partial charge in [-0.3, -0.25) is 14.3 Å². The van der Waals surface area contributed by atoms with Crippen LogP contribution in [0.3, 0.4) is 0 Å². The molecule has 2 aromatic heterocycles. The molecule has 1 aliphatic rings. The quantitative estimate of drug-likeness (QED) is 0.0793. The third kappa shape index (κ3) is 3.24. The normalized spacial score (nSPS) is 19.4. The predicted molar refractivity (Wildman–Crippen MR) is 154 cm³/mol. The molecular formula is C30H23N5O6. The van der Waals surface area contributed by atoms with Gasteiger partial charge < -0.3 is 30.5 Å². The Morgan fingerprint density at radius 3 is 2.46 bits per heavy atom. The lowest BCUT2D eigenvalue weighted by Crippen LogP contribution is -2.15. The number of hydrogen-bond donors (Lipinski definition) is 6. The third-order valence-corrected chi connectivity index (χ3v) is 8.18. The monoisotopic (exact) mass is 549 g/mol. The summed E-state index contributed by atoms with van der Waals surface area (Å²) < 4.78 is 7.42. The van der Waals surface area contributed by atoms with Crippen LogP contribution in [0.25, 0.3) is 54.3 Å². The average Bonchev–Trinajstić information content (AvgIpc) is 3.55. The maximum atomic E-state index is 13.0. The summed E-state index contributed by atoms with van der Waals surface area (Å²) in [6.07, 6.45) is 0.116. The molecule has 3 heterocycles. The van der Waals surface area contributed by atoms with Crippen molar-refractivity contribution in [3.05, 3.63) is 65.2 Å². The summed E-state index contributed by atoms with van der Waals surface area (Å²) in [5.74, 6) is -1.79. The lowest BCUT2D eigenvalue weighted by atomic mass is 9.90. The average molecular weight is 550 g/mol. The predicted octanol–water partition coefficient (Wildman–Crippen LogP) is 4.70. The number of hydrogen-bond acceptors (Lipinski definition) is 9. The van der Waals surface area contributed by atoms with Crippen LogP contribution in [0.1, 0.15) is 19.6 Å². The Labute approximate surface area is 230 Å². The van der Waals surface area contributed by atoms with Gasteiger partial charge in [0, 0.05) is 17.2 Å². The van der Waals surface area contributed by atoms with Gasteiger partial charge in [0.25, 0.3) is 5.56 Å². The molecule has 41 heavy (non-hydrogen) atoms. The Hall–Kier alpha value is -5.13. The Morgan fingerprint density at radius 2 is 1.71 bits per heavy atom. The molecule has 0 spiro atoms. The zero-order valence-corrected chi connectivity index (χ0v) is 21.6. The number of aromatic hydroxyl groups is 3. The van der Waals surface area contributed by atoms with Crippen molar-refractivity contribution in [1.82, 2.24) is 19.5 Å². The first-order valence-electron chi connectivity index (χ1n) is 13.1. The van der Waals surface area contributed by atoms with Gasteiger partial charge in [-0.15, -0.1) is 0 Å². The number of phenolic OH excluding ortho intramolecular Hbond substituents is 3. The van der Waals surface area contributed by atoms with Crippen molar-refractivity contribution in [1.29, 1.82) is 0 Å². The summed E-state index contributed by atoms with van der Waals surface area (Å²) in [4.78, 5) is 24.4. The zero-order valence-electron chi connectivity index (χ0n) is 21.6. The summed E-state index contributed by atoms with van der Waals surface area (Å²) in [5.41, 5.74) is -0.171. The summed E-state index contributed by atoms with van der Waals surface area (Å²) in [6, 6.07) is 15.6. The molecular weight excluding hydrogens is 526 g/mol. The molecule has 1 aliphatic heterocycles. The van der Waals surface area contributed by atoms with E-state index < -0.39 is 41.2 Å². The first kappa shape index (κ1) is 23.7. The van der Waals surface area contributed by atoms with Gasteiger partial charge in [0.05, 0.1) is 24.2 Å². The maximum Gasteiger partial charge on any atom is 0.280 e. The molecule has 11 heteroatoms. The second-order valence-corrected chi connectivity index (χ2v) is 10.5. The molecule has 0 amide bonds. The van der Waals surface area contributed by atoms with Gasteiger partial charge in [0.1, 0.15) is 6.23 Å². The maximum absolute atomic E-state index is 13.0. The fourth-order valence-electron chi connectivity index (χ4n) is 6.15. The lowest BCUT2D eigenvalue weighted by Gasteiger charge is -2.19. The highest BCUT2D eigenvalue weighted by Gasteiger charge is 2.33. The second kappa shape index (κ2) is 8.19. The number of benzene rings is 5. The SMILES string of the molecule is C[C@H]1O[C@@H](n2cnc3c(=O)[nH]c(Nc4c(O)c(O)c(O)c5cc6ccc7cccc8ccc(c45)c6c78)nc32)C[C@@H]1O. The van der Waals surface area contributed by atoms with Gasteiger partial charge in [-0.2, -0.15) is 4.98 Å². The molecule has 1 fully saturated rings. The van der Waals surface area contributed by atoms with Gasteiger partial charge in [-0.05, 0) is 45.3 Å². The fourth-order valence-corrected chi connectivity index (χ4v) is 6.15. The van der Waals surface area contributed by atoms with Crippen molar-refractivity contribution in [2.45, 2.75) is 31.8 Å². The standard InChI is InChI=1S/C30H23N5O6/c1-12-18(36)10-19(41-12)35-11-31-24-28(35)33-30(34-29(24)40)32-23-22-16-8-7-14-4-2-3-13-5-6-15(21(16)20(13)14)9-17(22)25(37)27(39)26(23)38/h2-9,11-12,18-19,36-39H,10H2,1H3,(H2,32,33,34,40)/t12-,18+,19-/m1/s1. The van der Waals surface area contributed by atoms with E-state index in [0.29, 0.717) is 17.2 Å². The topological polar surface area (TPSA) is 166 Å². The number of nitrogens with one attached hydrogen (secondary N) is 2. The molecule has 8 rings (SSSR count). The highest BCUT2D eigenvalue weighted by molar-refractivity contribution is 6.31. The van der Waals surface area contributed by atoms with Crippen molar-refractivity contribution in [2.75, 3.05) is 5.32 Å². The molecule has 0 radical (unpaired) electrons. The molecule has 0 unspecified atom stereocenters. The van der Waals surface area contributed by atoms with E-state index in [1.54, 1.807) is 17.6 Å². The number of nitrogens with zero attached hydrogens (tertiary/aromatic N) is 3. The van der Waals surface area contributed by atoms with Crippen LogP contribution in [0, 0.1) is 0 Å². The number of imidazole rings is 1. The van der Waals surface area contributed by atoms with Crippen molar-refractivity contribution >= 4 is 65.9 Å². The number of fused-ring (bicyclic) bond motifs is 3. The Morgan fingerprint density at radius 1 is 0.951 bits per heavy atom. The number of aliphatic hydroxyl groups is 1. The van der Waals surface area contributed by atoms with E-state index in [1.165, 1.54) is 6.33 Å². The first-order chi connectivity index (χ1) is 19.8. The number of phenols is 3. The highest BCUT2D eigenvalue weighted by atomic mass is 16.5. The summed E-state index contributed by atoms with van der Waals surface area (Å²) in [5, 5.41) is 52.3. The van der Waals surface area contributed by atoms with Crippen LogP contribution in [0.4, 0.5) is 11.6 Å². The highest BCUT2D eigenvalue weighted by Crippen LogP contribution is 2.52. The van der Waals surface area contributed by atoms with Crippen molar-refractivity contribution in [3.63, 3.8) is 0 Å². The molecule has 3 atom stereocenters.